The normalized spacial score (nSPS) is 10.9. The van der Waals surface area contributed by atoms with Crippen LogP contribution < -0.4 is 11.4 Å². The Kier molecular flexibility index (Phi) is 2.83. The van der Waals surface area contributed by atoms with Gasteiger partial charge in [-0.1, -0.05) is 24.3 Å². The van der Waals surface area contributed by atoms with Gasteiger partial charge in [-0.25, -0.2) is 4.79 Å². The molecule has 0 aliphatic rings. The Morgan fingerprint density at radius 1 is 1.05 bits per heavy atom. The Balaban J connectivity index is 2.43. The van der Waals surface area contributed by atoms with Crippen LogP contribution in [-0.2, 0) is 0 Å². The SMILES string of the molecule is Cc1ccccc1-c1c(C)c2cc(N)ccc2oc1=O. The van der Waals surface area contributed by atoms with Gasteiger partial charge in [0.2, 0.25) is 0 Å². The second kappa shape index (κ2) is 4.53. The molecular weight excluding hydrogens is 250 g/mol. The monoisotopic (exact) mass is 265 g/mol. The molecule has 0 aliphatic carbocycles. The summed E-state index contributed by atoms with van der Waals surface area (Å²) < 4.78 is 5.43. The number of anilines is 1. The molecule has 3 nitrogen and oxygen atoms in total. The molecule has 20 heavy (non-hydrogen) atoms. The summed E-state index contributed by atoms with van der Waals surface area (Å²) in [6.07, 6.45) is 0. The van der Waals surface area contributed by atoms with Gasteiger partial charge in [-0.15, -0.1) is 0 Å². The average molecular weight is 265 g/mol. The van der Waals surface area contributed by atoms with Gasteiger partial charge in [0.1, 0.15) is 5.58 Å². The maximum atomic E-state index is 12.3. The standard InChI is InChI=1S/C17H15NO2/c1-10-5-3-4-6-13(10)16-11(2)14-9-12(18)7-8-15(14)20-17(16)19/h3-9H,18H2,1-2H3. The maximum Gasteiger partial charge on any atom is 0.344 e. The zero-order valence-electron chi connectivity index (χ0n) is 11.4. The van der Waals surface area contributed by atoms with Gasteiger partial charge in [0.25, 0.3) is 0 Å². The summed E-state index contributed by atoms with van der Waals surface area (Å²) in [4.78, 5) is 12.3. The molecule has 0 unspecified atom stereocenters. The third-order valence-corrected chi connectivity index (χ3v) is 3.60. The van der Waals surface area contributed by atoms with E-state index in [4.69, 9.17) is 10.2 Å². The van der Waals surface area contributed by atoms with Crippen LogP contribution in [0.1, 0.15) is 11.1 Å². The van der Waals surface area contributed by atoms with Gasteiger partial charge in [-0.3, -0.25) is 0 Å². The highest BCUT2D eigenvalue weighted by Crippen LogP contribution is 2.29. The summed E-state index contributed by atoms with van der Waals surface area (Å²) in [6.45, 7) is 3.91. The van der Waals surface area contributed by atoms with E-state index in [1.807, 2.05) is 44.2 Å². The van der Waals surface area contributed by atoms with E-state index in [-0.39, 0.29) is 5.63 Å². The van der Waals surface area contributed by atoms with Gasteiger partial charge in [0.15, 0.2) is 0 Å². The van der Waals surface area contributed by atoms with Crippen LogP contribution in [0.25, 0.3) is 22.1 Å². The molecule has 0 saturated carbocycles. The molecule has 2 N–H and O–H groups in total. The van der Waals surface area contributed by atoms with Crippen molar-refractivity contribution in [1.82, 2.24) is 0 Å². The number of hydrogen-bond acceptors (Lipinski definition) is 3. The van der Waals surface area contributed by atoms with E-state index in [1.54, 1.807) is 12.1 Å². The summed E-state index contributed by atoms with van der Waals surface area (Å²) in [6, 6.07) is 13.1. The van der Waals surface area contributed by atoms with E-state index >= 15 is 0 Å². The molecule has 0 bridgehead atoms. The van der Waals surface area contributed by atoms with Crippen LogP contribution in [0.2, 0.25) is 0 Å². The first-order valence-corrected chi connectivity index (χ1v) is 6.47. The smallest absolute Gasteiger partial charge is 0.344 e. The Morgan fingerprint density at radius 3 is 2.55 bits per heavy atom. The molecule has 2 aromatic carbocycles. The van der Waals surface area contributed by atoms with Crippen LogP contribution in [0, 0.1) is 13.8 Å². The van der Waals surface area contributed by atoms with Gasteiger partial charge in [0.05, 0.1) is 5.56 Å². The number of aryl methyl sites for hydroxylation is 2. The van der Waals surface area contributed by atoms with Crippen LogP contribution in [0.15, 0.2) is 51.7 Å². The summed E-state index contributed by atoms with van der Waals surface area (Å²) in [5, 5.41) is 0.878. The fourth-order valence-corrected chi connectivity index (χ4v) is 2.53. The van der Waals surface area contributed by atoms with E-state index < -0.39 is 0 Å². The van der Waals surface area contributed by atoms with Gasteiger partial charge in [-0.2, -0.15) is 0 Å². The summed E-state index contributed by atoms with van der Waals surface area (Å²) in [5.74, 6) is 0. The maximum absolute atomic E-state index is 12.3. The molecule has 0 spiro atoms. The number of hydrogen-bond donors (Lipinski definition) is 1. The number of rotatable bonds is 1. The van der Waals surface area contributed by atoms with Crippen LogP contribution in [0.3, 0.4) is 0 Å². The Bertz CT molecular complexity index is 862. The minimum absolute atomic E-state index is 0.311. The molecule has 3 heteroatoms. The number of nitrogen functional groups attached to an aromatic ring is 1. The lowest BCUT2D eigenvalue weighted by molar-refractivity contribution is 0.562. The largest absolute Gasteiger partial charge is 0.422 e. The highest BCUT2D eigenvalue weighted by Gasteiger charge is 2.14. The number of benzene rings is 2. The highest BCUT2D eigenvalue weighted by molar-refractivity contribution is 5.89. The van der Waals surface area contributed by atoms with Crippen molar-refractivity contribution in [3.63, 3.8) is 0 Å². The molecule has 1 aromatic heterocycles. The van der Waals surface area contributed by atoms with Gasteiger partial charge >= 0.3 is 5.63 Å². The lowest BCUT2D eigenvalue weighted by atomic mass is 9.96. The fourth-order valence-electron chi connectivity index (χ4n) is 2.53. The molecule has 0 amide bonds. The van der Waals surface area contributed by atoms with Crippen LogP contribution in [-0.4, -0.2) is 0 Å². The zero-order chi connectivity index (χ0) is 14.3. The first kappa shape index (κ1) is 12.5. The quantitative estimate of drug-likeness (QED) is 0.539. The summed E-state index contributed by atoms with van der Waals surface area (Å²) in [5.41, 5.74) is 10.2. The predicted molar refractivity (Wildman–Crippen MR) is 81.8 cm³/mol. The molecule has 1 heterocycles. The molecule has 0 fully saturated rings. The Labute approximate surface area is 116 Å². The summed E-state index contributed by atoms with van der Waals surface area (Å²) >= 11 is 0. The van der Waals surface area contributed by atoms with Gasteiger partial charge in [0, 0.05) is 11.1 Å². The van der Waals surface area contributed by atoms with Crippen molar-refractivity contribution in [3.05, 3.63) is 64.0 Å². The van der Waals surface area contributed by atoms with E-state index in [1.165, 1.54) is 0 Å². The summed E-state index contributed by atoms with van der Waals surface area (Å²) in [7, 11) is 0. The Morgan fingerprint density at radius 2 is 1.80 bits per heavy atom. The van der Waals surface area contributed by atoms with Crippen molar-refractivity contribution < 1.29 is 4.42 Å². The van der Waals surface area contributed by atoms with E-state index in [0.29, 0.717) is 16.8 Å². The lowest BCUT2D eigenvalue weighted by Gasteiger charge is -2.10. The van der Waals surface area contributed by atoms with Crippen molar-refractivity contribution in [3.8, 4) is 11.1 Å². The minimum Gasteiger partial charge on any atom is -0.422 e. The van der Waals surface area contributed by atoms with Crippen molar-refractivity contribution in [2.45, 2.75) is 13.8 Å². The molecule has 0 radical (unpaired) electrons. The average Bonchev–Trinajstić information content (AvgIpc) is 2.42. The van der Waals surface area contributed by atoms with Gasteiger partial charge in [-0.05, 0) is 48.7 Å². The molecular formula is C17H15NO2. The fraction of sp³-hybridized carbons (Fsp3) is 0.118. The zero-order valence-corrected chi connectivity index (χ0v) is 11.4. The molecule has 0 saturated heterocycles. The minimum atomic E-state index is -0.311. The number of fused-ring (bicyclic) bond motifs is 1. The molecule has 3 aromatic rings. The first-order chi connectivity index (χ1) is 9.58. The van der Waals surface area contributed by atoms with Gasteiger partial charge < -0.3 is 10.2 Å². The third-order valence-electron chi connectivity index (χ3n) is 3.60. The van der Waals surface area contributed by atoms with Crippen LogP contribution in [0.5, 0.6) is 0 Å². The topological polar surface area (TPSA) is 56.2 Å². The van der Waals surface area contributed by atoms with Crippen molar-refractivity contribution in [2.24, 2.45) is 0 Å². The second-order valence-corrected chi connectivity index (χ2v) is 4.96. The Hall–Kier alpha value is -2.55. The van der Waals surface area contributed by atoms with Crippen LogP contribution >= 0.6 is 0 Å². The van der Waals surface area contributed by atoms with E-state index in [0.717, 1.165) is 22.1 Å². The van der Waals surface area contributed by atoms with E-state index in [9.17, 15) is 4.79 Å². The molecule has 3 rings (SSSR count). The second-order valence-electron chi connectivity index (χ2n) is 4.96. The van der Waals surface area contributed by atoms with Crippen molar-refractivity contribution in [1.29, 1.82) is 0 Å². The number of nitrogens with two attached hydrogens (primary N) is 1. The van der Waals surface area contributed by atoms with Crippen molar-refractivity contribution in [2.75, 3.05) is 5.73 Å². The van der Waals surface area contributed by atoms with E-state index in [2.05, 4.69) is 0 Å². The third kappa shape index (κ3) is 1.88. The molecule has 0 atom stereocenters. The van der Waals surface area contributed by atoms with Crippen molar-refractivity contribution >= 4 is 16.7 Å². The molecule has 100 valence electrons. The first-order valence-electron chi connectivity index (χ1n) is 6.47. The predicted octanol–water partition coefficient (Wildman–Crippen LogP) is 3.66. The highest BCUT2D eigenvalue weighted by atomic mass is 16.4. The molecule has 0 aliphatic heterocycles. The lowest BCUT2D eigenvalue weighted by Crippen LogP contribution is -2.07. The van der Waals surface area contributed by atoms with Crippen LogP contribution in [0.4, 0.5) is 5.69 Å².